The Bertz CT molecular complexity index is 1120. The van der Waals surface area contributed by atoms with Gasteiger partial charge in [-0.2, -0.15) is 0 Å². The lowest BCUT2D eigenvalue weighted by molar-refractivity contribution is -0.120. The highest BCUT2D eigenvalue weighted by molar-refractivity contribution is 7.92. The highest BCUT2D eigenvalue weighted by Crippen LogP contribution is 2.11. The Morgan fingerprint density at radius 3 is 2.50 bits per heavy atom. The van der Waals surface area contributed by atoms with Crippen LogP contribution in [-0.2, 0) is 21.2 Å². The molecule has 0 aliphatic heterocycles. The molecule has 8 heteroatoms. The molecular formula is C20H21N3O4S. The predicted octanol–water partition coefficient (Wildman–Crippen LogP) is 2.02. The van der Waals surface area contributed by atoms with Gasteiger partial charge in [-0.3, -0.25) is 14.3 Å². The zero-order valence-electron chi connectivity index (χ0n) is 15.1. The first kappa shape index (κ1) is 19.6. The van der Waals surface area contributed by atoms with E-state index in [1.54, 1.807) is 36.4 Å². The molecule has 0 unspecified atom stereocenters. The SMILES string of the molecule is O=C(CCc1cc2ccccc2[nH]c1=O)NCCS(=O)(=O)Nc1ccccc1. The first-order valence-electron chi connectivity index (χ1n) is 8.86. The Hall–Kier alpha value is -3.13. The number of fused-ring (bicyclic) bond motifs is 1. The summed E-state index contributed by atoms with van der Waals surface area (Å²) in [7, 11) is -3.55. The summed E-state index contributed by atoms with van der Waals surface area (Å²) >= 11 is 0. The third-order valence-corrected chi connectivity index (χ3v) is 5.48. The van der Waals surface area contributed by atoms with Crippen LogP contribution in [-0.4, -0.2) is 31.6 Å². The van der Waals surface area contributed by atoms with Crippen LogP contribution in [0.5, 0.6) is 0 Å². The van der Waals surface area contributed by atoms with Crippen molar-refractivity contribution in [2.75, 3.05) is 17.0 Å². The van der Waals surface area contributed by atoms with Crippen LogP contribution < -0.4 is 15.6 Å². The van der Waals surface area contributed by atoms with Gasteiger partial charge in [0.25, 0.3) is 5.56 Å². The lowest BCUT2D eigenvalue weighted by Gasteiger charge is -2.09. The molecule has 0 atom stereocenters. The fourth-order valence-corrected chi connectivity index (χ4v) is 3.74. The standard InChI is InChI=1S/C20H21N3O4S/c24-19(21-12-13-28(26,27)23-17-7-2-1-3-8-17)11-10-16-14-15-6-4-5-9-18(15)22-20(16)25/h1-9,14,23H,10-13H2,(H,21,24)(H,22,25). The lowest BCUT2D eigenvalue weighted by atomic mass is 10.1. The molecule has 1 amide bonds. The fraction of sp³-hybridized carbons (Fsp3) is 0.200. The number of benzene rings is 2. The normalized spacial score (nSPS) is 11.3. The number of amides is 1. The average molecular weight is 399 g/mol. The summed E-state index contributed by atoms with van der Waals surface area (Å²) in [6.45, 7) is -0.00488. The molecule has 0 spiro atoms. The van der Waals surface area contributed by atoms with Gasteiger partial charge in [0.2, 0.25) is 15.9 Å². The minimum absolute atomic E-state index is 0.00488. The maximum atomic E-state index is 12.1. The number of carbonyl (C=O) groups is 1. The molecule has 0 radical (unpaired) electrons. The average Bonchev–Trinajstić information content (AvgIpc) is 2.66. The Balaban J connectivity index is 1.48. The summed E-state index contributed by atoms with van der Waals surface area (Å²) in [5.74, 6) is -0.535. The van der Waals surface area contributed by atoms with Gasteiger partial charge >= 0.3 is 0 Å². The predicted molar refractivity (Wildman–Crippen MR) is 110 cm³/mol. The van der Waals surface area contributed by atoms with E-state index >= 15 is 0 Å². The van der Waals surface area contributed by atoms with Crippen molar-refractivity contribution in [3.8, 4) is 0 Å². The Morgan fingerprint density at radius 2 is 1.71 bits per heavy atom. The van der Waals surface area contributed by atoms with E-state index in [9.17, 15) is 18.0 Å². The van der Waals surface area contributed by atoms with Crippen molar-refractivity contribution in [2.24, 2.45) is 0 Å². The van der Waals surface area contributed by atoms with E-state index in [0.29, 0.717) is 11.3 Å². The summed E-state index contributed by atoms with van der Waals surface area (Å²) in [6.07, 6.45) is 0.384. The molecule has 146 valence electrons. The van der Waals surface area contributed by atoms with Gasteiger partial charge in [0.1, 0.15) is 0 Å². The highest BCUT2D eigenvalue weighted by atomic mass is 32.2. The van der Waals surface area contributed by atoms with E-state index in [1.165, 1.54) is 0 Å². The van der Waals surface area contributed by atoms with Crippen LogP contribution in [0.25, 0.3) is 10.9 Å². The minimum Gasteiger partial charge on any atom is -0.355 e. The van der Waals surface area contributed by atoms with Crippen molar-refractivity contribution >= 4 is 32.5 Å². The number of sulfonamides is 1. The molecule has 0 fully saturated rings. The molecule has 1 heterocycles. The van der Waals surface area contributed by atoms with E-state index in [1.807, 2.05) is 24.3 Å². The number of nitrogens with one attached hydrogen (secondary N) is 3. The minimum atomic E-state index is -3.55. The van der Waals surface area contributed by atoms with Crippen molar-refractivity contribution in [3.63, 3.8) is 0 Å². The molecule has 0 aliphatic carbocycles. The van der Waals surface area contributed by atoms with E-state index in [2.05, 4.69) is 15.0 Å². The summed E-state index contributed by atoms with van der Waals surface area (Å²) in [4.78, 5) is 26.9. The number of hydrogen-bond acceptors (Lipinski definition) is 4. The molecule has 0 saturated heterocycles. The van der Waals surface area contributed by atoms with Crippen LogP contribution >= 0.6 is 0 Å². The van der Waals surface area contributed by atoms with Gasteiger partial charge in [-0.05, 0) is 36.1 Å². The summed E-state index contributed by atoms with van der Waals surface area (Å²) in [5, 5.41) is 3.48. The summed E-state index contributed by atoms with van der Waals surface area (Å²) < 4.78 is 26.5. The van der Waals surface area contributed by atoms with Crippen molar-refractivity contribution < 1.29 is 13.2 Å². The number of aromatic nitrogens is 1. The molecule has 7 nitrogen and oxygen atoms in total. The van der Waals surface area contributed by atoms with Crippen LogP contribution in [0.3, 0.4) is 0 Å². The zero-order chi connectivity index (χ0) is 20.0. The maximum Gasteiger partial charge on any atom is 0.251 e. The number of para-hydroxylation sites is 2. The molecule has 2 aromatic carbocycles. The molecule has 1 aromatic heterocycles. The van der Waals surface area contributed by atoms with Crippen molar-refractivity contribution in [2.45, 2.75) is 12.8 Å². The van der Waals surface area contributed by atoms with Crippen molar-refractivity contribution in [1.82, 2.24) is 10.3 Å². The van der Waals surface area contributed by atoms with Crippen LogP contribution in [0.2, 0.25) is 0 Å². The van der Waals surface area contributed by atoms with Gasteiger partial charge in [0.05, 0.1) is 5.75 Å². The number of aromatic amines is 1. The smallest absolute Gasteiger partial charge is 0.251 e. The number of aryl methyl sites for hydroxylation is 1. The fourth-order valence-electron chi connectivity index (χ4n) is 2.78. The topological polar surface area (TPSA) is 108 Å². The molecule has 3 rings (SSSR count). The van der Waals surface area contributed by atoms with Gasteiger partial charge in [-0.25, -0.2) is 8.42 Å². The van der Waals surface area contributed by atoms with E-state index in [-0.39, 0.29) is 36.6 Å². The molecule has 3 aromatic rings. The number of H-pyrrole nitrogens is 1. The van der Waals surface area contributed by atoms with Gasteiger partial charge in [0, 0.05) is 29.7 Å². The first-order chi connectivity index (χ1) is 13.4. The Labute approximate surface area is 162 Å². The molecule has 3 N–H and O–H groups in total. The second-order valence-corrected chi connectivity index (χ2v) is 8.19. The van der Waals surface area contributed by atoms with Crippen molar-refractivity contribution in [3.05, 3.63) is 76.6 Å². The maximum absolute atomic E-state index is 12.1. The summed E-state index contributed by atoms with van der Waals surface area (Å²) in [6, 6.07) is 17.7. The third kappa shape index (κ3) is 5.43. The highest BCUT2D eigenvalue weighted by Gasteiger charge is 2.12. The van der Waals surface area contributed by atoms with E-state index < -0.39 is 10.0 Å². The number of pyridine rings is 1. The van der Waals surface area contributed by atoms with Gasteiger partial charge in [-0.15, -0.1) is 0 Å². The Morgan fingerprint density at radius 1 is 1.00 bits per heavy atom. The van der Waals surface area contributed by atoms with Gasteiger partial charge in [-0.1, -0.05) is 36.4 Å². The van der Waals surface area contributed by atoms with Crippen LogP contribution in [0.15, 0.2) is 65.5 Å². The monoisotopic (exact) mass is 399 g/mol. The van der Waals surface area contributed by atoms with Crippen molar-refractivity contribution in [1.29, 1.82) is 0 Å². The Kier molecular flexibility index (Phi) is 6.10. The quantitative estimate of drug-likeness (QED) is 0.538. The van der Waals surface area contributed by atoms with Gasteiger partial charge < -0.3 is 10.3 Å². The number of anilines is 1. The van der Waals surface area contributed by atoms with E-state index in [0.717, 1.165) is 10.9 Å². The molecule has 28 heavy (non-hydrogen) atoms. The zero-order valence-corrected chi connectivity index (χ0v) is 16.0. The molecular weight excluding hydrogens is 378 g/mol. The van der Waals surface area contributed by atoms with E-state index in [4.69, 9.17) is 0 Å². The van der Waals surface area contributed by atoms with Crippen LogP contribution in [0.1, 0.15) is 12.0 Å². The summed E-state index contributed by atoms with van der Waals surface area (Å²) in [5.41, 5.74) is 1.52. The third-order valence-electron chi connectivity index (χ3n) is 4.19. The first-order valence-corrected chi connectivity index (χ1v) is 10.5. The van der Waals surface area contributed by atoms with Gasteiger partial charge in [0.15, 0.2) is 0 Å². The molecule has 0 bridgehead atoms. The number of hydrogen-bond donors (Lipinski definition) is 3. The van der Waals surface area contributed by atoms with Crippen LogP contribution in [0.4, 0.5) is 5.69 Å². The van der Waals surface area contributed by atoms with Crippen LogP contribution in [0, 0.1) is 0 Å². The number of rotatable bonds is 8. The largest absolute Gasteiger partial charge is 0.355 e. The number of carbonyl (C=O) groups excluding carboxylic acids is 1. The lowest BCUT2D eigenvalue weighted by Crippen LogP contribution is -2.31. The molecule has 0 saturated carbocycles. The second kappa shape index (κ2) is 8.71. The molecule has 0 aliphatic rings. The second-order valence-electron chi connectivity index (χ2n) is 6.35.